The molecule has 0 amide bonds. The molecule has 0 heterocycles. The first-order chi connectivity index (χ1) is 15.6. The normalized spacial score (nSPS) is 13.0. The third-order valence-electron chi connectivity index (χ3n) is 5.88. The average molecular weight is 416 g/mol. The summed E-state index contributed by atoms with van der Waals surface area (Å²) in [5, 5.41) is 3.52. The predicted octanol–water partition coefficient (Wildman–Crippen LogP) is 5.90. The van der Waals surface area contributed by atoms with E-state index < -0.39 is 0 Å². The van der Waals surface area contributed by atoms with E-state index in [1.807, 2.05) is 48.6 Å². The summed E-state index contributed by atoms with van der Waals surface area (Å²) >= 11 is 0. The summed E-state index contributed by atoms with van der Waals surface area (Å²) in [6.07, 6.45) is 10.8. The number of rotatable bonds is 4. The van der Waals surface area contributed by atoms with Crippen molar-refractivity contribution in [3.8, 4) is 0 Å². The second-order valence-electron chi connectivity index (χ2n) is 7.76. The smallest absolute Gasteiger partial charge is 0.150 e. The summed E-state index contributed by atoms with van der Waals surface area (Å²) in [6, 6.07) is 14.9. The highest BCUT2D eigenvalue weighted by Crippen LogP contribution is 2.31. The minimum atomic E-state index is 0.371. The number of fused-ring (bicyclic) bond motifs is 4. The Morgan fingerprint density at radius 3 is 0.750 bits per heavy atom. The van der Waals surface area contributed by atoms with E-state index in [2.05, 4.69) is 0 Å². The van der Waals surface area contributed by atoms with Gasteiger partial charge in [0.25, 0.3) is 0 Å². The van der Waals surface area contributed by atoms with Crippen LogP contribution < -0.4 is 0 Å². The van der Waals surface area contributed by atoms with Crippen LogP contribution in [0, 0.1) is 0 Å². The van der Waals surface area contributed by atoms with Crippen LogP contribution in [-0.2, 0) is 0 Å². The minimum Gasteiger partial charge on any atom is -0.298 e. The van der Waals surface area contributed by atoms with Gasteiger partial charge in [-0.05, 0) is 92.3 Å². The van der Waals surface area contributed by atoms with E-state index in [0.717, 1.165) is 43.8 Å². The van der Waals surface area contributed by atoms with E-state index in [0.29, 0.717) is 47.4 Å². The Morgan fingerprint density at radius 1 is 0.344 bits per heavy atom. The first kappa shape index (κ1) is 19.5. The van der Waals surface area contributed by atoms with Crippen LogP contribution >= 0.6 is 0 Å². The zero-order chi connectivity index (χ0) is 22.2. The highest BCUT2D eigenvalue weighted by atomic mass is 16.1. The van der Waals surface area contributed by atoms with Gasteiger partial charge in [-0.25, -0.2) is 0 Å². The van der Waals surface area contributed by atoms with Gasteiger partial charge in [-0.15, -0.1) is 0 Å². The van der Waals surface area contributed by atoms with Crippen LogP contribution in [0.15, 0.2) is 48.5 Å². The molecule has 0 radical (unpaired) electrons. The van der Waals surface area contributed by atoms with Gasteiger partial charge in [0.15, 0.2) is 25.1 Å². The number of hydrogen-bond donors (Lipinski definition) is 0. The van der Waals surface area contributed by atoms with Crippen LogP contribution in [0.1, 0.15) is 63.7 Å². The maximum Gasteiger partial charge on any atom is 0.150 e. The standard InChI is InChI=1S/C28H16O4/c29-13-25-9-21-5-17-1-2-18-6-22-10-26(14-30)28(16-32)12-24(22)8-20(18)4-3-19(17)7-23(21)11-27(25)15-31/h1-16H/b2-1-,4-3?,17-1?,18-2?,19-3?,20-4?. The summed E-state index contributed by atoms with van der Waals surface area (Å²) in [7, 11) is 0. The van der Waals surface area contributed by atoms with Crippen molar-refractivity contribution in [2.75, 3.05) is 0 Å². The molecule has 0 N–H and O–H groups in total. The molecule has 32 heavy (non-hydrogen) atoms. The molecule has 1 aliphatic rings. The van der Waals surface area contributed by atoms with Gasteiger partial charge in [-0.2, -0.15) is 0 Å². The molecule has 0 aromatic heterocycles. The SMILES string of the molecule is O=Cc1cc2cc3c(cc2cc1C=O)/C=C\c1cc2cc(C=O)c(C=O)cc2cc1C=C3. The fraction of sp³-hybridized carbons (Fsp3) is 0. The Hall–Kier alpha value is -4.44. The van der Waals surface area contributed by atoms with Crippen molar-refractivity contribution >= 4 is 71.0 Å². The third kappa shape index (κ3) is 3.19. The Balaban J connectivity index is 1.68. The molecular formula is C28H16O4. The molecule has 5 rings (SSSR count). The maximum atomic E-state index is 11.3. The molecule has 0 saturated carbocycles. The van der Waals surface area contributed by atoms with Crippen molar-refractivity contribution in [1.29, 1.82) is 0 Å². The lowest BCUT2D eigenvalue weighted by Crippen LogP contribution is -1.94. The van der Waals surface area contributed by atoms with Crippen molar-refractivity contribution < 1.29 is 19.2 Å². The second-order valence-corrected chi connectivity index (χ2v) is 7.76. The lowest BCUT2D eigenvalue weighted by atomic mass is 9.92. The molecule has 0 bridgehead atoms. The van der Waals surface area contributed by atoms with Crippen LogP contribution in [0.2, 0.25) is 0 Å². The van der Waals surface area contributed by atoms with E-state index in [1.165, 1.54) is 0 Å². The van der Waals surface area contributed by atoms with Gasteiger partial charge in [0.05, 0.1) is 0 Å². The maximum absolute atomic E-state index is 11.3. The molecule has 0 saturated heterocycles. The van der Waals surface area contributed by atoms with Gasteiger partial charge in [0.2, 0.25) is 0 Å². The predicted molar refractivity (Wildman–Crippen MR) is 127 cm³/mol. The number of carbonyl (C=O) groups is 4. The molecule has 4 aromatic carbocycles. The zero-order valence-electron chi connectivity index (χ0n) is 16.9. The fourth-order valence-corrected chi connectivity index (χ4v) is 4.18. The molecule has 152 valence electrons. The monoisotopic (exact) mass is 416 g/mol. The Bertz CT molecular complexity index is 1310. The molecule has 0 aliphatic heterocycles. The summed E-state index contributed by atoms with van der Waals surface area (Å²) in [6.45, 7) is 0. The Morgan fingerprint density at radius 2 is 0.562 bits per heavy atom. The van der Waals surface area contributed by atoms with Gasteiger partial charge in [-0.3, -0.25) is 19.2 Å². The molecule has 1 aliphatic carbocycles. The van der Waals surface area contributed by atoms with Crippen LogP contribution in [0.25, 0.3) is 45.8 Å². The molecule has 0 fully saturated rings. The van der Waals surface area contributed by atoms with Crippen molar-refractivity contribution in [2.45, 2.75) is 0 Å². The lowest BCUT2D eigenvalue weighted by Gasteiger charge is -2.12. The topological polar surface area (TPSA) is 68.3 Å². The molecule has 0 unspecified atom stereocenters. The van der Waals surface area contributed by atoms with Crippen LogP contribution in [-0.4, -0.2) is 25.1 Å². The summed E-state index contributed by atoms with van der Waals surface area (Å²) in [5.41, 5.74) is 5.43. The third-order valence-corrected chi connectivity index (χ3v) is 5.88. The molecule has 4 nitrogen and oxygen atoms in total. The van der Waals surface area contributed by atoms with Crippen LogP contribution in [0.5, 0.6) is 0 Å². The molecule has 4 heteroatoms. The van der Waals surface area contributed by atoms with Crippen molar-refractivity contribution in [3.05, 3.63) is 93.0 Å². The first-order valence-electron chi connectivity index (χ1n) is 10.0. The Kier molecular flexibility index (Phi) is 4.68. The fourth-order valence-electron chi connectivity index (χ4n) is 4.18. The van der Waals surface area contributed by atoms with E-state index in [-0.39, 0.29) is 0 Å². The van der Waals surface area contributed by atoms with Crippen molar-refractivity contribution in [2.24, 2.45) is 0 Å². The summed E-state index contributed by atoms with van der Waals surface area (Å²) < 4.78 is 0. The summed E-state index contributed by atoms with van der Waals surface area (Å²) in [4.78, 5) is 45.3. The average Bonchev–Trinajstić information content (AvgIpc) is 2.82. The number of aldehydes is 4. The van der Waals surface area contributed by atoms with E-state index in [1.54, 1.807) is 24.3 Å². The summed E-state index contributed by atoms with van der Waals surface area (Å²) in [5.74, 6) is 0. The molecular weight excluding hydrogens is 400 g/mol. The zero-order valence-corrected chi connectivity index (χ0v) is 16.9. The van der Waals surface area contributed by atoms with Gasteiger partial charge < -0.3 is 0 Å². The minimum absolute atomic E-state index is 0.371. The quantitative estimate of drug-likeness (QED) is 0.342. The molecule has 4 aromatic rings. The second kappa shape index (κ2) is 7.67. The Labute approximate surface area is 183 Å². The number of hydrogen-bond acceptors (Lipinski definition) is 4. The largest absolute Gasteiger partial charge is 0.298 e. The molecule has 0 atom stereocenters. The number of carbonyl (C=O) groups excluding carboxylic acids is 4. The number of benzene rings is 4. The highest BCUT2D eigenvalue weighted by molar-refractivity contribution is 6.03. The first-order valence-corrected chi connectivity index (χ1v) is 10.0. The highest BCUT2D eigenvalue weighted by Gasteiger charge is 2.11. The van der Waals surface area contributed by atoms with Gasteiger partial charge in [-0.1, -0.05) is 24.3 Å². The van der Waals surface area contributed by atoms with E-state index in [4.69, 9.17) is 0 Å². The van der Waals surface area contributed by atoms with Gasteiger partial charge in [0.1, 0.15) is 0 Å². The molecule has 0 spiro atoms. The van der Waals surface area contributed by atoms with Crippen LogP contribution in [0.3, 0.4) is 0 Å². The van der Waals surface area contributed by atoms with Crippen LogP contribution in [0.4, 0.5) is 0 Å². The van der Waals surface area contributed by atoms with Gasteiger partial charge in [0, 0.05) is 22.3 Å². The van der Waals surface area contributed by atoms with Crippen molar-refractivity contribution in [3.63, 3.8) is 0 Å². The van der Waals surface area contributed by atoms with E-state index >= 15 is 0 Å². The van der Waals surface area contributed by atoms with Crippen molar-refractivity contribution in [1.82, 2.24) is 0 Å². The van der Waals surface area contributed by atoms with E-state index in [9.17, 15) is 19.2 Å². The lowest BCUT2D eigenvalue weighted by molar-refractivity contribution is 0.109. The van der Waals surface area contributed by atoms with Gasteiger partial charge >= 0.3 is 0 Å².